The number of aromatic nitrogens is 1. The molecular weight excluding hydrogens is 232 g/mol. The fourth-order valence-electron chi connectivity index (χ4n) is 1.12. The van der Waals surface area contributed by atoms with Crippen LogP contribution in [-0.4, -0.2) is 5.16 Å². The Morgan fingerprint density at radius 1 is 1.38 bits per heavy atom. The number of rotatable bonds is 1. The van der Waals surface area contributed by atoms with Crippen LogP contribution < -0.4 is 5.73 Å². The van der Waals surface area contributed by atoms with Crippen molar-refractivity contribution in [2.45, 2.75) is 0 Å². The minimum Gasteiger partial charge on any atom is -0.380 e. The van der Waals surface area contributed by atoms with Crippen LogP contribution in [0.5, 0.6) is 0 Å². The van der Waals surface area contributed by atoms with Crippen molar-refractivity contribution in [2.75, 3.05) is 5.73 Å². The Balaban J connectivity index is 2.53. The molecule has 13 heavy (non-hydrogen) atoms. The van der Waals surface area contributed by atoms with Crippen LogP contribution in [-0.2, 0) is 0 Å². The van der Waals surface area contributed by atoms with Gasteiger partial charge < -0.3 is 10.3 Å². The van der Waals surface area contributed by atoms with Gasteiger partial charge in [-0.2, -0.15) is 0 Å². The average molecular weight is 239 g/mol. The number of nitrogens with two attached hydrogens (primary N) is 1. The topological polar surface area (TPSA) is 52.0 Å². The van der Waals surface area contributed by atoms with Gasteiger partial charge >= 0.3 is 0 Å². The fraction of sp³-hybridized carbons (Fsp3) is 0. The summed E-state index contributed by atoms with van der Waals surface area (Å²) in [5.41, 5.74) is 7.42. The second-order valence-corrected chi connectivity index (χ2v) is 3.54. The first-order chi connectivity index (χ1) is 6.27. The van der Waals surface area contributed by atoms with Crippen LogP contribution in [0.15, 0.2) is 39.5 Å². The Morgan fingerprint density at radius 2 is 2.23 bits per heavy atom. The molecule has 0 fully saturated rings. The average Bonchev–Trinajstić information content (AvgIpc) is 2.51. The first-order valence-corrected chi connectivity index (χ1v) is 4.52. The maximum atomic E-state index is 5.60. The van der Waals surface area contributed by atoms with Crippen molar-refractivity contribution < 1.29 is 4.52 Å². The standard InChI is InChI=1S/C9H7BrN2O/c10-7-3-1-2-6(4-7)8-5-13-12-9(8)11/h1-5H,(H2,11,12). The van der Waals surface area contributed by atoms with E-state index in [2.05, 4.69) is 21.1 Å². The summed E-state index contributed by atoms with van der Waals surface area (Å²) in [7, 11) is 0. The van der Waals surface area contributed by atoms with Gasteiger partial charge in [0.05, 0.1) is 5.56 Å². The normalized spacial score (nSPS) is 10.2. The van der Waals surface area contributed by atoms with Gasteiger partial charge in [-0.05, 0) is 17.7 Å². The molecule has 0 saturated carbocycles. The number of nitrogen functional groups attached to an aromatic ring is 1. The van der Waals surface area contributed by atoms with Crippen molar-refractivity contribution in [1.82, 2.24) is 5.16 Å². The second-order valence-electron chi connectivity index (χ2n) is 2.62. The van der Waals surface area contributed by atoms with E-state index in [0.717, 1.165) is 15.6 Å². The number of anilines is 1. The van der Waals surface area contributed by atoms with Crippen LogP contribution in [0.2, 0.25) is 0 Å². The van der Waals surface area contributed by atoms with Crippen LogP contribution in [0, 0.1) is 0 Å². The van der Waals surface area contributed by atoms with E-state index in [4.69, 9.17) is 10.3 Å². The monoisotopic (exact) mass is 238 g/mol. The van der Waals surface area contributed by atoms with Gasteiger partial charge in [-0.3, -0.25) is 0 Å². The molecule has 4 heteroatoms. The summed E-state index contributed by atoms with van der Waals surface area (Å²) < 4.78 is 5.75. The van der Waals surface area contributed by atoms with Gasteiger partial charge in [-0.25, -0.2) is 0 Å². The molecule has 0 aliphatic rings. The van der Waals surface area contributed by atoms with Gasteiger partial charge in [-0.1, -0.05) is 33.2 Å². The van der Waals surface area contributed by atoms with Crippen LogP contribution in [0.4, 0.5) is 5.82 Å². The molecule has 0 atom stereocenters. The van der Waals surface area contributed by atoms with E-state index in [0.29, 0.717) is 5.82 Å². The van der Waals surface area contributed by atoms with Gasteiger partial charge in [0.15, 0.2) is 5.82 Å². The van der Waals surface area contributed by atoms with Crippen molar-refractivity contribution in [2.24, 2.45) is 0 Å². The van der Waals surface area contributed by atoms with Gasteiger partial charge in [0.25, 0.3) is 0 Å². The summed E-state index contributed by atoms with van der Waals surface area (Å²) in [6.45, 7) is 0. The third-order valence-corrected chi connectivity index (χ3v) is 2.23. The molecule has 66 valence electrons. The zero-order chi connectivity index (χ0) is 9.26. The lowest BCUT2D eigenvalue weighted by molar-refractivity contribution is 0.423. The molecule has 0 spiro atoms. The summed E-state index contributed by atoms with van der Waals surface area (Å²) in [6.07, 6.45) is 1.54. The zero-order valence-electron chi connectivity index (χ0n) is 6.70. The van der Waals surface area contributed by atoms with Gasteiger partial charge in [0, 0.05) is 4.47 Å². The first kappa shape index (κ1) is 8.31. The van der Waals surface area contributed by atoms with Crippen molar-refractivity contribution in [3.05, 3.63) is 35.0 Å². The Morgan fingerprint density at radius 3 is 2.85 bits per heavy atom. The molecule has 1 heterocycles. The lowest BCUT2D eigenvalue weighted by Gasteiger charge is -1.97. The number of hydrogen-bond donors (Lipinski definition) is 1. The molecule has 2 aromatic rings. The summed E-state index contributed by atoms with van der Waals surface area (Å²) >= 11 is 3.38. The molecule has 1 aromatic heterocycles. The van der Waals surface area contributed by atoms with Gasteiger partial charge in [-0.15, -0.1) is 0 Å². The Hall–Kier alpha value is -1.29. The molecule has 3 nitrogen and oxygen atoms in total. The van der Waals surface area contributed by atoms with E-state index in [1.165, 1.54) is 6.26 Å². The highest BCUT2D eigenvalue weighted by atomic mass is 79.9. The minimum absolute atomic E-state index is 0.415. The number of halogens is 1. The molecule has 0 radical (unpaired) electrons. The van der Waals surface area contributed by atoms with Gasteiger partial charge in [0.2, 0.25) is 0 Å². The molecule has 0 saturated heterocycles. The molecule has 0 aliphatic carbocycles. The molecule has 0 unspecified atom stereocenters. The van der Waals surface area contributed by atoms with E-state index >= 15 is 0 Å². The lowest BCUT2D eigenvalue weighted by atomic mass is 10.1. The number of nitrogens with zero attached hydrogens (tertiary/aromatic N) is 1. The summed E-state index contributed by atoms with van der Waals surface area (Å²) in [5, 5.41) is 3.61. The zero-order valence-corrected chi connectivity index (χ0v) is 8.28. The predicted molar refractivity (Wildman–Crippen MR) is 54.1 cm³/mol. The van der Waals surface area contributed by atoms with E-state index in [1.54, 1.807) is 0 Å². The highest BCUT2D eigenvalue weighted by Gasteiger charge is 2.05. The largest absolute Gasteiger partial charge is 0.380 e. The van der Waals surface area contributed by atoms with Crippen molar-refractivity contribution in [1.29, 1.82) is 0 Å². The molecule has 2 rings (SSSR count). The lowest BCUT2D eigenvalue weighted by Crippen LogP contribution is -1.86. The molecule has 0 bridgehead atoms. The molecule has 1 aromatic carbocycles. The maximum absolute atomic E-state index is 5.60. The van der Waals surface area contributed by atoms with Crippen LogP contribution in [0.25, 0.3) is 11.1 Å². The third-order valence-electron chi connectivity index (χ3n) is 1.73. The number of benzene rings is 1. The van der Waals surface area contributed by atoms with E-state index < -0.39 is 0 Å². The van der Waals surface area contributed by atoms with Crippen molar-refractivity contribution in [3.63, 3.8) is 0 Å². The quantitative estimate of drug-likeness (QED) is 0.832. The minimum atomic E-state index is 0.415. The number of hydrogen-bond acceptors (Lipinski definition) is 3. The predicted octanol–water partition coefficient (Wildman–Crippen LogP) is 2.69. The Kier molecular flexibility index (Phi) is 2.06. The molecule has 2 N–H and O–H groups in total. The van der Waals surface area contributed by atoms with Crippen LogP contribution in [0.1, 0.15) is 0 Å². The van der Waals surface area contributed by atoms with Gasteiger partial charge in [0.1, 0.15) is 6.26 Å². The maximum Gasteiger partial charge on any atom is 0.174 e. The Labute approximate surface area is 83.7 Å². The molecule has 0 amide bonds. The summed E-state index contributed by atoms with van der Waals surface area (Å²) in [6, 6.07) is 7.80. The first-order valence-electron chi connectivity index (χ1n) is 3.73. The second kappa shape index (κ2) is 3.22. The van der Waals surface area contributed by atoms with E-state index in [1.807, 2.05) is 24.3 Å². The van der Waals surface area contributed by atoms with Crippen LogP contribution in [0.3, 0.4) is 0 Å². The van der Waals surface area contributed by atoms with Crippen molar-refractivity contribution >= 4 is 21.7 Å². The SMILES string of the molecule is Nc1nocc1-c1cccc(Br)c1. The summed E-state index contributed by atoms with van der Waals surface area (Å²) in [4.78, 5) is 0. The van der Waals surface area contributed by atoms with E-state index in [-0.39, 0.29) is 0 Å². The highest BCUT2D eigenvalue weighted by Crippen LogP contribution is 2.26. The molecular formula is C9H7BrN2O. The van der Waals surface area contributed by atoms with Crippen molar-refractivity contribution in [3.8, 4) is 11.1 Å². The smallest absolute Gasteiger partial charge is 0.174 e. The Bertz CT molecular complexity index is 425. The van der Waals surface area contributed by atoms with E-state index in [9.17, 15) is 0 Å². The molecule has 0 aliphatic heterocycles. The van der Waals surface area contributed by atoms with Crippen LogP contribution >= 0.6 is 15.9 Å². The summed E-state index contributed by atoms with van der Waals surface area (Å²) in [5.74, 6) is 0.415. The highest BCUT2D eigenvalue weighted by molar-refractivity contribution is 9.10. The fourth-order valence-corrected chi connectivity index (χ4v) is 1.52. The third kappa shape index (κ3) is 1.58.